The average Bonchev–Trinajstić information content (AvgIpc) is 2.45. The van der Waals surface area contributed by atoms with Crippen LogP contribution in [0, 0.1) is 0 Å². The number of hydrogen-bond donors (Lipinski definition) is 0. The van der Waals surface area contributed by atoms with E-state index in [1.807, 2.05) is 0 Å². The summed E-state index contributed by atoms with van der Waals surface area (Å²) in [5, 5.41) is 0.509. The van der Waals surface area contributed by atoms with Crippen LogP contribution in [0.5, 0.6) is 11.5 Å². The van der Waals surface area contributed by atoms with Crippen molar-refractivity contribution < 1.29 is 9.47 Å². The standard InChI is InChI=1S/C13H15ClN2O3/c1-18-11-6-9-10(7-12(11)19-2)15-8-16(13(9)17)5-3-4-14/h6-8H,3-5H2,1-2H3. The van der Waals surface area contributed by atoms with Gasteiger partial charge >= 0.3 is 0 Å². The molecule has 0 aliphatic heterocycles. The van der Waals surface area contributed by atoms with Gasteiger partial charge in [-0.25, -0.2) is 4.98 Å². The molecule has 0 atom stereocenters. The van der Waals surface area contributed by atoms with Gasteiger partial charge in [0.2, 0.25) is 0 Å². The minimum absolute atomic E-state index is 0.101. The minimum atomic E-state index is -0.101. The quantitative estimate of drug-likeness (QED) is 0.788. The zero-order valence-corrected chi connectivity index (χ0v) is 11.6. The van der Waals surface area contributed by atoms with Crippen molar-refractivity contribution in [1.82, 2.24) is 9.55 Å². The number of ether oxygens (including phenoxy) is 2. The lowest BCUT2D eigenvalue weighted by molar-refractivity contribution is 0.355. The van der Waals surface area contributed by atoms with Crippen molar-refractivity contribution in [2.45, 2.75) is 13.0 Å². The molecular weight excluding hydrogens is 268 g/mol. The van der Waals surface area contributed by atoms with E-state index in [0.717, 1.165) is 6.42 Å². The molecule has 102 valence electrons. The molecule has 1 aromatic heterocycles. The molecule has 6 heteroatoms. The predicted octanol–water partition coefficient (Wildman–Crippen LogP) is 2.04. The van der Waals surface area contributed by atoms with E-state index in [1.165, 1.54) is 13.4 Å². The second kappa shape index (κ2) is 5.93. The Morgan fingerprint density at radius 2 is 1.95 bits per heavy atom. The van der Waals surface area contributed by atoms with Gasteiger partial charge in [0.25, 0.3) is 5.56 Å². The molecule has 0 amide bonds. The largest absolute Gasteiger partial charge is 0.493 e. The van der Waals surface area contributed by atoms with Crippen LogP contribution in [-0.2, 0) is 6.54 Å². The van der Waals surface area contributed by atoms with Gasteiger partial charge in [-0.3, -0.25) is 9.36 Å². The van der Waals surface area contributed by atoms with Crippen LogP contribution >= 0.6 is 11.6 Å². The first kappa shape index (κ1) is 13.7. The first-order valence-corrected chi connectivity index (χ1v) is 6.42. The Morgan fingerprint density at radius 3 is 2.58 bits per heavy atom. The van der Waals surface area contributed by atoms with Crippen molar-refractivity contribution >= 4 is 22.5 Å². The fourth-order valence-electron chi connectivity index (χ4n) is 1.87. The van der Waals surface area contributed by atoms with Gasteiger partial charge in [0.1, 0.15) is 0 Å². The number of benzene rings is 1. The van der Waals surface area contributed by atoms with E-state index in [4.69, 9.17) is 21.1 Å². The minimum Gasteiger partial charge on any atom is -0.493 e. The summed E-state index contributed by atoms with van der Waals surface area (Å²) in [6.07, 6.45) is 2.26. The summed E-state index contributed by atoms with van der Waals surface area (Å²) >= 11 is 5.64. The smallest absolute Gasteiger partial charge is 0.261 e. The van der Waals surface area contributed by atoms with Crippen molar-refractivity contribution in [2.24, 2.45) is 0 Å². The Labute approximate surface area is 115 Å². The van der Waals surface area contributed by atoms with Gasteiger partial charge in [-0.15, -0.1) is 11.6 Å². The van der Waals surface area contributed by atoms with Gasteiger partial charge in [0.05, 0.1) is 31.4 Å². The zero-order valence-electron chi connectivity index (χ0n) is 10.9. The van der Waals surface area contributed by atoms with Gasteiger partial charge < -0.3 is 9.47 Å². The molecule has 0 unspecified atom stereocenters. The van der Waals surface area contributed by atoms with E-state index in [2.05, 4.69) is 4.98 Å². The summed E-state index contributed by atoms with van der Waals surface area (Å²) in [6.45, 7) is 0.555. The number of hydrogen-bond acceptors (Lipinski definition) is 4. The van der Waals surface area contributed by atoms with E-state index < -0.39 is 0 Å². The van der Waals surface area contributed by atoms with E-state index in [9.17, 15) is 4.79 Å². The number of nitrogens with zero attached hydrogens (tertiary/aromatic N) is 2. The number of alkyl halides is 1. The highest BCUT2D eigenvalue weighted by Crippen LogP contribution is 2.29. The predicted molar refractivity (Wildman–Crippen MR) is 74.4 cm³/mol. The summed E-state index contributed by atoms with van der Waals surface area (Å²) in [5.41, 5.74) is 0.487. The van der Waals surface area contributed by atoms with Crippen LogP contribution < -0.4 is 15.0 Å². The molecule has 1 aromatic carbocycles. The SMILES string of the molecule is COc1cc2ncn(CCCCl)c(=O)c2cc1OC. The van der Waals surface area contributed by atoms with Crippen molar-refractivity contribution in [2.75, 3.05) is 20.1 Å². The molecule has 0 N–H and O–H groups in total. The van der Waals surface area contributed by atoms with Gasteiger partial charge in [-0.1, -0.05) is 0 Å². The van der Waals surface area contributed by atoms with E-state index in [-0.39, 0.29) is 5.56 Å². The normalized spacial score (nSPS) is 10.7. The fraction of sp³-hybridized carbons (Fsp3) is 0.385. The van der Waals surface area contributed by atoms with Crippen molar-refractivity contribution in [3.8, 4) is 11.5 Å². The molecule has 0 saturated carbocycles. The summed E-state index contributed by atoms with van der Waals surface area (Å²) < 4.78 is 11.9. The maximum atomic E-state index is 12.3. The third-order valence-corrected chi connectivity index (χ3v) is 3.13. The lowest BCUT2D eigenvalue weighted by Gasteiger charge is -2.10. The Hall–Kier alpha value is -1.75. The van der Waals surface area contributed by atoms with Gasteiger partial charge in [0, 0.05) is 18.5 Å². The molecule has 19 heavy (non-hydrogen) atoms. The molecule has 0 saturated heterocycles. The van der Waals surface area contributed by atoms with Crippen LogP contribution in [0.15, 0.2) is 23.3 Å². The summed E-state index contributed by atoms with van der Waals surface area (Å²) in [7, 11) is 3.08. The third kappa shape index (κ3) is 2.66. The molecule has 1 heterocycles. The lowest BCUT2D eigenvalue weighted by atomic mass is 10.2. The van der Waals surface area contributed by atoms with E-state index in [0.29, 0.717) is 34.8 Å². The Balaban J connectivity index is 2.58. The van der Waals surface area contributed by atoms with Crippen LogP contribution in [-0.4, -0.2) is 29.7 Å². The highest BCUT2D eigenvalue weighted by Gasteiger charge is 2.10. The van der Waals surface area contributed by atoms with Crippen LogP contribution in [0.3, 0.4) is 0 Å². The summed E-state index contributed by atoms with van der Waals surface area (Å²) in [5.74, 6) is 1.58. The van der Waals surface area contributed by atoms with E-state index >= 15 is 0 Å². The van der Waals surface area contributed by atoms with E-state index in [1.54, 1.807) is 23.8 Å². The topological polar surface area (TPSA) is 53.4 Å². The summed E-state index contributed by atoms with van der Waals surface area (Å²) in [4.78, 5) is 16.5. The molecule has 0 radical (unpaired) electrons. The second-order valence-electron chi connectivity index (χ2n) is 4.01. The molecule has 0 bridgehead atoms. The molecule has 0 spiro atoms. The van der Waals surface area contributed by atoms with Crippen LogP contribution in [0.2, 0.25) is 0 Å². The number of aromatic nitrogens is 2. The maximum Gasteiger partial charge on any atom is 0.261 e. The van der Waals surface area contributed by atoms with Crippen molar-refractivity contribution in [3.63, 3.8) is 0 Å². The molecule has 0 aliphatic rings. The highest BCUT2D eigenvalue weighted by molar-refractivity contribution is 6.17. The first-order chi connectivity index (χ1) is 9.21. The Kier molecular flexibility index (Phi) is 4.27. The van der Waals surface area contributed by atoms with Gasteiger partial charge in [-0.05, 0) is 12.5 Å². The number of rotatable bonds is 5. The second-order valence-corrected chi connectivity index (χ2v) is 4.39. The monoisotopic (exact) mass is 282 g/mol. The molecular formula is C13H15ClN2O3. The van der Waals surface area contributed by atoms with Gasteiger partial charge in [-0.2, -0.15) is 0 Å². The summed E-state index contributed by atoms with van der Waals surface area (Å²) in [6, 6.07) is 3.35. The van der Waals surface area contributed by atoms with Crippen LogP contribution in [0.4, 0.5) is 0 Å². The average molecular weight is 283 g/mol. The fourth-order valence-corrected chi connectivity index (χ4v) is 1.99. The number of fused-ring (bicyclic) bond motifs is 1. The van der Waals surface area contributed by atoms with Crippen LogP contribution in [0.25, 0.3) is 10.9 Å². The number of aryl methyl sites for hydroxylation is 1. The van der Waals surface area contributed by atoms with Crippen LogP contribution in [0.1, 0.15) is 6.42 Å². The molecule has 0 aliphatic carbocycles. The number of halogens is 1. The van der Waals surface area contributed by atoms with Gasteiger partial charge in [0.15, 0.2) is 11.5 Å². The molecule has 2 aromatic rings. The Bertz CT molecular complexity index is 640. The molecule has 5 nitrogen and oxygen atoms in total. The third-order valence-electron chi connectivity index (χ3n) is 2.86. The van der Waals surface area contributed by atoms with Crippen molar-refractivity contribution in [1.29, 1.82) is 0 Å². The lowest BCUT2D eigenvalue weighted by Crippen LogP contribution is -2.21. The molecule has 0 fully saturated rings. The zero-order chi connectivity index (χ0) is 13.8. The Morgan fingerprint density at radius 1 is 1.26 bits per heavy atom. The maximum absolute atomic E-state index is 12.3. The number of methoxy groups -OCH3 is 2. The molecule has 2 rings (SSSR count). The highest BCUT2D eigenvalue weighted by atomic mass is 35.5. The first-order valence-electron chi connectivity index (χ1n) is 5.88. The van der Waals surface area contributed by atoms with Crippen molar-refractivity contribution in [3.05, 3.63) is 28.8 Å².